The SMILES string of the molecule is Oc1ccc(/C=C/c2c[c]cc(O)c2)cc1. The molecule has 0 heterocycles. The van der Waals surface area contributed by atoms with E-state index < -0.39 is 0 Å². The van der Waals surface area contributed by atoms with Gasteiger partial charge in [0.15, 0.2) is 0 Å². The van der Waals surface area contributed by atoms with Gasteiger partial charge in [0.1, 0.15) is 11.5 Å². The highest BCUT2D eigenvalue weighted by Gasteiger charge is 1.91. The molecule has 0 aliphatic heterocycles. The number of phenols is 2. The van der Waals surface area contributed by atoms with Gasteiger partial charge < -0.3 is 10.2 Å². The van der Waals surface area contributed by atoms with Crippen LogP contribution in [0.2, 0.25) is 0 Å². The molecule has 16 heavy (non-hydrogen) atoms. The molecule has 2 heteroatoms. The van der Waals surface area contributed by atoms with E-state index in [9.17, 15) is 5.11 Å². The number of hydrogen-bond donors (Lipinski definition) is 2. The van der Waals surface area contributed by atoms with E-state index in [0.717, 1.165) is 11.1 Å². The summed E-state index contributed by atoms with van der Waals surface area (Å²) >= 11 is 0. The highest BCUT2D eigenvalue weighted by Crippen LogP contribution is 2.15. The van der Waals surface area contributed by atoms with E-state index in [4.69, 9.17) is 5.11 Å². The summed E-state index contributed by atoms with van der Waals surface area (Å²) in [6.45, 7) is 0. The summed E-state index contributed by atoms with van der Waals surface area (Å²) < 4.78 is 0. The first-order chi connectivity index (χ1) is 7.74. The predicted octanol–water partition coefficient (Wildman–Crippen LogP) is 3.07. The maximum absolute atomic E-state index is 9.25. The third-order valence-corrected chi connectivity index (χ3v) is 2.16. The second-order valence-corrected chi connectivity index (χ2v) is 3.45. The van der Waals surface area contributed by atoms with Gasteiger partial charge in [-0.2, -0.15) is 0 Å². The minimum absolute atomic E-state index is 0.202. The number of aromatic hydroxyl groups is 2. The van der Waals surface area contributed by atoms with E-state index in [0.29, 0.717) is 0 Å². The van der Waals surface area contributed by atoms with Crippen molar-refractivity contribution < 1.29 is 10.2 Å². The maximum Gasteiger partial charge on any atom is 0.116 e. The van der Waals surface area contributed by atoms with Crippen molar-refractivity contribution in [2.24, 2.45) is 0 Å². The lowest BCUT2D eigenvalue weighted by Crippen LogP contribution is -1.73. The van der Waals surface area contributed by atoms with E-state index in [1.807, 2.05) is 24.3 Å². The zero-order valence-corrected chi connectivity index (χ0v) is 8.59. The Hall–Kier alpha value is -2.22. The molecule has 0 saturated carbocycles. The molecule has 2 aromatic carbocycles. The summed E-state index contributed by atoms with van der Waals surface area (Å²) in [6, 6.07) is 14.7. The summed E-state index contributed by atoms with van der Waals surface area (Å²) in [5.74, 6) is 0.454. The first kappa shape index (κ1) is 10.3. The lowest BCUT2D eigenvalue weighted by molar-refractivity contribution is 0.474. The van der Waals surface area contributed by atoms with Crippen LogP contribution in [-0.2, 0) is 0 Å². The Labute approximate surface area is 94.1 Å². The molecule has 0 saturated heterocycles. The second-order valence-electron chi connectivity index (χ2n) is 3.45. The van der Waals surface area contributed by atoms with Crippen LogP contribution in [-0.4, -0.2) is 10.2 Å². The molecule has 79 valence electrons. The molecule has 2 N–H and O–H groups in total. The smallest absolute Gasteiger partial charge is 0.116 e. The Morgan fingerprint density at radius 2 is 1.50 bits per heavy atom. The molecular weight excluding hydrogens is 200 g/mol. The van der Waals surface area contributed by atoms with Gasteiger partial charge in [-0.15, -0.1) is 0 Å². The van der Waals surface area contributed by atoms with Gasteiger partial charge in [0.05, 0.1) is 0 Å². The lowest BCUT2D eigenvalue weighted by Gasteiger charge is -1.96. The average molecular weight is 211 g/mol. The average Bonchev–Trinajstić information content (AvgIpc) is 2.28. The standard InChI is InChI=1S/C14H11O2/c15-13-8-6-11(7-9-13)4-5-12-2-1-3-14(16)10-12/h2-10,15-16H/b5-4+. The second kappa shape index (κ2) is 4.53. The highest BCUT2D eigenvalue weighted by molar-refractivity contribution is 5.70. The Morgan fingerprint density at radius 3 is 2.19 bits per heavy atom. The van der Waals surface area contributed by atoms with E-state index in [1.165, 1.54) is 6.07 Å². The molecule has 0 aromatic heterocycles. The molecule has 0 fully saturated rings. The summed E-state index contributed by atoms with van der Waals surface area (Å²) in [5, 5.41) is 18.4. The molecule has 0 aliphatic carbocycles. The highest BCUT2D eigenvalue weighted by atomic mass is 16.3. The summed E-state index contributed by atoms with van der Waals surface area (Å²) in [4.78, 5) is 0. The fourth-order valence-electron chi connectivity index (χ4n) is 1.35. The molecule has 1 radical (unpaired) electrons. The fourth-order valence-corrected chi connectivity index (χ4v) is 1.35. The molecule has 2 nitrogen and oxygen atoms in total. The zero-order valence-electron chi connectivity index (χ0n) is 8.59. The van der Waals surface area contributed by atoms with Crippen molar-refractivity contribution in [2.75, 3.05) is 0 Å². The third kappa shape index (κ3) is 2.64. The molecule has 0 atom stereocenters. The van der Waals surface area contributed by atoms with Crippen LogP contribution in [0.4, 0.5) is 0 Å². The molecular formula is C14H11O2. The third-order valence-electron chi connectivity index (χ3n) is 2.16. The van der Waals surface area contributed by atoms with Gasteiger partial charge in [0.25, 0.3) is 0 Å². The quantitative estimate of drug-likeness (QED) is 0.749. The Bertz CT molecular complexity index is 498. The maximum atomic E-state index is 9.25. The van der Waals surface area contributed by atoms with Crippen molar-refractivity contribution in [3.63, 3.8) is 0 Å². The molecule has 0 unspecified atom stereocenters. The van der Waals surface area contributed by atoms with Crippen molar-refractivity contribution in [2.45, 2.75) is 0 Å². The first-order valence-electron chi connectivity index (χ1n) is 4.91. The zero-order chi connectivity index (χ0) is 11.4. The van der Waals surface area contributed by atoms with Crippen molar-refractivity contribution >= 4 is 12.2 Å². The van der Waals surface area contributed by atoms with Gasteiger partial charge in [-0.05, 0) is 47.5 Å². The van der Waals surface area contributed by atoms with E-state index in [-0.39, 0.29) is 11.5 Å². The predicted molar refractivity (Wildman–Crippen MR) is 64.0 cm³/mol. The summed E-state index contributed by atoms with van der Waals surface area (Å²) in [5.41, 5.74) is 1.87. The summed E-state index contributed by atoms with van der Waals surface area (Å²) in [6.07, 6.45) is 3.78. The topological polar surface area (TPSA) is 40.5 Å². The molecule has 0 amide bonds. The van der Waals surface area contributed by atoms with Crippen molar-refractivity contribution in [3.8, 4) is 11.5 Å². The van der Waals surface area contributed by atoms with Gasteiger partial charge in [0.2, 0.25) is 0 Å². The van der Waals surface area contributed by atoms with Crippen molar-refractivity contribution in [3.05, 3.63) is 59.7 Å². The first-order valence-corrected chi connectivity index (χ1v) is 4.91. The lowest BCUT2D eigenvalue weighted by atomic mass is 10.1. The van der Waals surface area contributed by atoms with Crippen LogP contribution in [0.15, 0.2) is 42.5 Å². The van der Waals surface area contributed by atoms with Gasteiger partial charge >= 0.3 is 0 Å². The van der Waals surface area contributed by atoms with Crippen LogP contribution >= 0.6 is 0 Å². The van der Waals surface area contributed by atoms with Crippen LogP contribution in [0.25, 0.3) is 12.2 Å². The molecule has 2 aromatic rings. The Balaban J connectivity index is 2.18. The van der Waals surface area contributed by atoms with Gasteiger partial charge in [-0.25, -0.2) is 0 Å². The van der Waals surface area contributed by atoms with Crippen LogP contribution in [0.5, 0.6) is 11.5 Å². The summed E-state index contributed by atoms with van der Waals surface area (Å²) in [7, 11) is 0. The molecule has 0 spiro atoms. The monoisotopic (exact) mass is 211 g/mol. The number of hydrogen-bond acceptors (Lipinski definition) is 2. The van der Waals surface area contributed by atoms with Crippen molar-refractivity contribution in [1.82, 2.24) is 0 Å². The number of phenolic OH excluding ortho intramolecular Hbond substituents is 2. The minimum atomic E-state index is 0.202. The van der Waals surface area contributed by atoms with Gasteiger partial charge in [-0.1, -0.05) is 24.3 Å². The van der Waals surface area contributed by atoms with E-state index in [2.05, 4.69) is 6.07 Å². The normalized spacial score (nSPS) is 10.8. The minimum Gasteiger partial charge on any atom is -0.508 e. The van der Waals surface area contributed by atoms with Crippen LogP contribution in [0, 0.1) is 6.07 Å². The van der Waals surface area contributed by atoms with E-state index >= 15 is 0 Å². The van der Waals surface area contributed by atoms with Crippen LogP contribution < -0.4 is 0 Å². The number of benzene rings is 2. The van der Waals surface area contributed by atoms with Crippen LogP contribution in [0.3, 0.4) is 0 Å². The molecule has 2 rings (SSSR count). The van der Waals surface area contributed by atoms with Crippen molar-refractivity contribution in [1.29, 1.82) is 0 Å². The molecule has 0 bridgehead atoms. The largest absolute Gasteiger partial charge is 0.508 e. The van der Waals surface area contributed by atoms with E-state index in [1.54, 1.807) is 24.3 Å². The Morgan fingerprint density at radius 1 is 0.812 bits per heavy atom. The van der Waals surface area contributed by atoms with Crippen LogP contribution in [0.1, 0.15) is 11.1 Å². The Kier molecular flexibility index (Phi) is 2.92. The van der Waals surface area contributed by atoms with Gasteiger partial charge in [0, 0.05) is 0 Å². The number of rotatable bonds is 2. The van der Waals surface area contributed by atoms with Gasteiger partial charge in [-0.3, -0.25) is 0 Å². The fraction of sp³-hybridized carbons (Fsp3) is 0. The molecule has 0 aliphatic rings.